The van der Waals surface area contributed by atoms with Crippen LogP contribution < -0.4 is 15.0 Å². The number of amides is 1. The summed E-state index contributed by atoms with van der Waals surface area (Å²) in [5.74, 6) is 1.17. The highest BCUT2D eigenvalue weighted by atomic mass is 16.5. The van der Waals surface area contributed by atoms with Gasteiger partial charge in [-0.15, -0.1) is 0 Å². The number of rotatable bonds is 4. The maximum Gasteiger partial charge on any atom is 0.274 e. The number of ether oxygens (including phenoxy) is 1. The third-order valence-corrected chi connectivity index (χ3v) is 4.67. The molecule has 136 valence electrons. The van der Waals surface area contributed by atoms with Gasteiger partial charge >= 0.3 is 0 Å². The van der Waals surface area contributed by atoms with E-state index in [0.717, 1.165) is 25.3 Å². The first-order valence-corrected chi connectivity index (χ1v) is 8.82. The molecule has 0 unspecified atom stereocenters. The van der Waals surface area contributed by atoms with Gasteiger partial charge in [0.25, 0.3) is 5.91 Å². The minimum atomic E-state index is -0.274. The summed E-state index contributed by atoms with van der Waals surface area (Å²) in [6, 6.07) is 17.4. The number of carbonyl (C=O) groups excluding carboxylic acids is 1. The second-order valence-corrected chi connectivity index (χ2v) is 6.39. The fourth-order valence-electron chi connectivity index (χ4n) is 3.23. The van der Waals surface area contributed by atoms with E-state index in [1.165, 1.54) is 17.5 Å². The van der Waals surface area contributed by atoms with Crippen molar-refractivity contribution in [1.82, 2.24) is 9.97 Å². The maximum absolute atomic E-state index is 12.6. The molecule has 0 bridgehead atoms. The Bertz CT molecular complexity index is 974. The topological polar surface area (TPSA) is 67.3 Å². The van der Waals surface area contributed by atoms with Crippen molar-refractivity contribution >= 4 is 17.4 Å². The Hall–Kier alpha value is -3.41. The summed E-state index contributed by atoms with van der Waals surface area (Å²) in [4.78, 5) is 23.3. The fourth-order valence-corrected chi connectivity index (χ4v) is 3.23. The van der Waals surface area contributed by atoms with Gasteiger partial charge in [0.1, 0.15) is 23.6 Å². The van der Waals surface area contributed by atoms with E-state index in [9.17, 15) is 4.79 Å². The van der Waals surface area contributed by atoms with Crippen LogP contribution >= 0.6 is 0 Å². The highest BCUT2D eigenvalue weighted by molar-refractivity contribution is 6.03. The Morgan fingerprint density at radius 1 is 1.07 bits per heavy atom. The van der Waals surface area contributed by atoms with E-state index < -0.39 is 0 Å². The molecule has 0 saturated heterocycles. The van der Waals surface area contributed by atoms with Crippen molar-refractivity contribution in [3.63, 3.8) is 0 Å². The lowest BCUT2D eigenvalue weighted by Gasteiger charge is -2.29. The van der Waals surface area contributed by atoms with Crippen LogP contribution in [0.1, 0.15) is 21.6 Å². The van der Waals surface area contributed by atoms with E-state index in [0.29, 0.717) is 17.1 Å². The Morgan fingerprint density at radius 3 is 2.78 bits per heavy atom. The van der Waals surface area contributed by atoms with Crippen LogP contribution in [0.3, 0.4) is 0 Å². The lowest BCUT2D eigenvalue weighted by Crippen LogP contribution is -2.31. The Balaban J connectivity index is 1.51. The smallest absolute Gasteiger partial charge is 0.274 e. The van der Waals surface area contributed by atoms with Gasteiger partial charge in [0.15, 0.2) is 0 Å². The van der Waals surface area contributed by atoms with Crippen molar-refractivity contribution in [3.05, 3.63) is 77.7 Å². The normalized spacial score (nSPS) is 13.0. The number of carbonyl (C=O) groups is 1. The largest absolute Gasteiger partial charge is 0.497 e. The van der Waals surface area contributed by atoms with Crippen molar-refractivity contribution in [3.8, 4) is 5.75 Å². The first-order valence-electron chi connectivity index (χ1n) is 8.82. The number of nitrogens with one attached hydrogen (secondary N) is 1. The molecule has 1 aliphatic heterocycles. The lowest BCUT2D eigenvalue weighted by molar-refractivity contribution is 0.102. The predicted molar refractivity (Wildman–Crippen MR) is 104 cm³/mol. The van der Waals surface area contributed by atoms with Crippen molar-refractivity contribution in [2.75, 3.05) is 23.9 Å². The Morgan fingerprint density at radius 2 is 1.93 bits per heavy atom. The highest BCUT2D eigenvalue weighted by Crippen LogP contribution is 2.23. The van der Waals surface area contributed by atoms with Gasteiger partial charge in [-0.1, -0.05) is 30.3 Å². The van der Waals surface area contributed by atoms with Crippen LogP contribution in [0.5, 0.6) is 5.75 Å². The maximum atomic E-state index is 12.6. The molecule has 2 aromatic carbocycles. The van der Waals surface area contributed by atoms with E-state index >= 15 is 0 Å². The molecule has 3 aromatic rings. The van der Waals surface area contributed by atoms with Gasteiger partial charge in [-0.3, -0.25) is 4.79 Å². The fraction of sp³-hybridized carbons (Fsp3) is 0.190. The molecule has 27 heavy (non-hydrogen) atoms. The number of fused-ring (bicyclic) bond motifs is 1. The van der Waals surface area contributed by atoms with E-state index in [2.05, 4.69) is 44.5 Å². The standard InChI is InChI=1S/C21H20N4O2/c1-27-18-8-4-7-17(11-18)24-21(26)19-12-20(23-14-22-19)25-10-9-15-5-2-3-6-16(15)13-25/h2-8,11-12,14H,9-10,13H2,1H3,(H,24,26). The molecule has 0 fully saturated rings. The summed E-state index contributed by atoms with van der Waals surface area (Å²) in [6.45, 7) is 1.65. The van der Waals surface area contributed by atoms with Crippen LogP contribution in [0.4, 0.5) is 11.5 Å². The summed E-state index contributed by atoms with van der Waals surface area (Å²) < 4.78 is 5.19. The molecule has 0 saturated carbocycles. The molecule has 2 heterocycles. The van der Waals surface area contributed by atoms with Crippen molar-refractivity contribution < 1.29 is 9.53 Å². The molecule has 0 spiro atoms. The number of hydrogen-bond donors (Lipinski definition) is 1. The highest BCUT2D eigenvalue weighted by Gasteiger charge is 2.18. The number of nitrogens with zero attached hydrogens (tertiary/aromatic N) is 3. The van der Waals surface area contributed by atoms with E-state index in [1.807, 2.05) is 18.2 Å². The lowest BCUT2D eigenvalue weighted by atomic mass is 10.00. The molecular weight excluding hydrogens is 340 g/mol. The summed E-state index contributed by atoms with van der Waals surface area (Å²) in [7, 11) is 1.59. The molecule has 6 nitrogen and oxygen atoms in total. The second-order valence-electron chi connectivity index (χ2n) is 6.39. The zero-order valence-corrected chi connectivity index (χ0v) is 15.1. The number of anilines is 2. The summed E-state index contributed by atoms with van der Waals surface area (Å²) in [5, 5.41) is 2.85. The van der Waals surface area contributed by atoms with Gasteiger partial charge < -0.3 is 15.0 Å². The summed E-state index contributed by atoms with van der Waals surface area (Å²) >= 11 is 0. The van der Waals surface area contributed by atoms with Crippen LogP contribution in [0.25, 0.3) is 0 Å². The average Bonchev–Trinajstić information content (AvgIpc) is 2.73. The van der Waals surface area contributed by atoms with Crippen LogP contribution in [-0.2, 0) is 13.0 Å². The molecule has 6 heteroatoms. The molecular formula is C21H20N4O2. The second kappa shape index (κ2) is 7.45. The molecule has 0 radical (unpaired) electrons. The number of aromatic nitrogens is 2. The first kappa shape index (κ1) is 17.0. The van der Waals surface area contributed by atoms with Crippen LogP contribution in [0.15, 0.2) is 60.9 Å². The van der Waals surface area contributed by atoms with Gasteiger partial charge in [0.2, 0.25) is 0 Å². The molecule has 1 aromatic heterocycles. The SMILES string of the molecule is COc1cccc(NC(=O)c2cc(N3CCc4ccccc4C3)ncn2)c1. The average molecular weight is 360 g/mol. The zero-order valence-electron chi connectivity index (χ0n) is 15.1. The molecule has 1 amide bonds. The van der Waals surface area contributed by atoms with Crippen molar-refractivity contribution in [1.29, 1.82) is 0 Å². The third kappa shape index (κ3) is 3.74. The minimum Gasteiger partial charge on any atom is -0.497 e. The quantitative estimate of drug-likeness (QED) is 0.773. The predicted octanol–water partition coefficient (Wildman–Crippen LogP) is 3.30. The van der Waals surface area contributed by atoms with Gasteiger partial charge in [-0.05, 0) is 29.7 Å². The molecule has 0 atom stereocenters. The Labute approximate surface area is 157 Å². The number of benzene rings is 2. The van der Waals surface area contributed by atoms with Gasteiger partial charge in [0.05, 0.1) is 7.11 Å². The van der Waals surface area contributed by atoms with Gasteiger partial charge in [-0.2, -0.15) is 0 Å². The molecule has 1 aliphatic rings. The monoisotopic (exact) mass is 360 g/mol. The molecule has 1 N–H and O–H groups in total. The summed E-state index contributed by atoms with van der Waals surface area (Å²) in [6.07, 6.45) is 2.40. The minimum absolute atomic E-state index is 0.274. The van der Waals surface area contributed by atoms with Crippen LogP contribution in [0, 0.1) is 0 Å². The third-order valence-electron chi connectivity index (χ3n) is 4.67. The van der Waals surface area contributed by atoms with Gasteiger partial charge in [0, 0.05) is 30.9 Å². The van der Waals surface area contributed by atoms with Crippen LogP contribution in [0.2, 0.25) is 0 Å². The van der Waals surface area contributed by atoms with Crippen molar-refractivity contribution in [2.45, 2.75) is 13.0 Å². The van der Waals surface area contributed by atoms with E-state index in [1.54, 1.807) is 19.2 Å². The number of methoxy groups -OCH3 is 1. The van der Waals surface area contributed by atoms with Crippen LogP contribution in [-0.4, -0.2) is 29.5 Å². The van der Waals surface area contributed by atoms with E-state index in [4.69, 9.17) is 4.74 Å². The summed E-state index contributed by atoms with van der Waals surface area (Å²) in [5.41, 5.74) is 3.66. The van der Waals surface area contributed by atoms with E-state index in [-0.39, 0.29) is 5.91 Å². The number of hydrogen-bond acceptors (Lipinski definition) is 5. The zero-order chi connectivity index (χ0) is 18.6. The van der Waals surface area contributed by atoms with Gasteiger partial charge in [-0.25, -0.2) is 9.97 Å². The molecule has 0 aliphatic carbocycles. The van der Waals surface area contributed by atoms with Crippen molar-refractivity contribution in [2.24, 2.45) is 0 Å². The first-order chi connectivity index (χ1) is 13.2. The molecule has 4 rings (SSSR count). The Kier molecular flexibility index (Phi) is 4.70.